The molecule has 80 heavy (non-hydrogen) atoms. The maximum absolute atomic E-state index is 15.1. The van der Waals surface area contributed by atoms with Gasteiger partial charge < -0.3 is 42.6 Å². The van der Waals surface area contributed by atoms with Crippen LogP contribution in [0.1, 0.15) is 45.1 Å². The highest BCUT2D eigenvalue weighted by atomic mass is 19.4. The number of benzene rings is 5. The number of ether oxygens (including phenoxy) is 9. The lowest BCUT2D eigenvalue weighted by molar-refractivity contribution is -0.284. The third-order valence-corrected chi connectivity index (χ3v) is 12.2. The number of halogens is 12. The highest BCUT2D eigenvalue weighted by Gasteiger charge is 2.68. The molecule has 0 saturated heterocycles. The number of carbonyl (C=O) groups is 6. The Morgan fingerprint density at radius 3 is 1.07 bits per heavy atom. The lowest BCUT2D eigenvalue weighted by Gasteiger charge is -2.36. The molecule has 0 bridgehead atoms. The normalized spacial score (nSPS) is 16.0. The first-order chi connectivity index (χ1) is 37.3. The molecular formula is C53H44F12O15. The number of Topliss-reactive ketones (excluding diaryl/α,β-unsaturated/α-hetero) is 1. The summed E-state index contributed by atoms with van der Waals surface area (Å²) in [7, 11) is 1.71. The Morgan fingerprint density at radius 1 is 0.438 bits per heavy atom. The summed E-state index contributed by atoms with van der Waals surface area (Å²) in [5.41, 5.74) is -21.8. The van der Waals surface area contributed by atoms with Gasteiger partial charge in [0.25, 0.3) is 22.4 Å². The second-order valence-corrected chi connectivity index (χ2v) is 16.9. The molecule has 0 heterocycles. The van der Waals surface area contributed by atoms with Gasteiger partial charge in [-0.05, 0) is 25.5 Å². The molecular weight excluding hydrogens is 1100 g/mol. The molecule has 0 saturated carbocycles. The van der Waals surface area contributed by atoms with E-state index in [0.29, 0.717) is 41.4 Å². The van der Waals surface area contributed by atoms with Gasteiger partial charge in [0.2, 0.25) is 5.78 Å². The molecule has 0 amide bonds. The highest BCUT2D eigenvalue weighted by Crippen LogP contribution is 2.48. The van der Waals surface area contributed by atoms with Crippen molar-refractivity contribution < 1.29 is 124 Å². The SMILES string of the molecule is CO[C@](C(=O)Oc1cc(C)c(C(=O)OCC(=O)[C@H](OC(=O)[C@@](OC)(c2ccccc2)C(F)(F)F)[C@H](C)OC(=O)[C@@](OC)(c2ccccc2)C(F)(F)F)c(OC(=O)[C@@](OC)(c2ccccc2)C(F)(F)F)c1)(c1ccccc1)C(F)(F)F. The number of carbonyl (C=O) groups excluding carboxylic acids is 6. The summed E-state index contributed by atoms with van der Waals surface area (Å²) in [5.74, 6) is -16.0. The van der Waals surface area contributed by atoms with Gasteiger partial charge in [0.1, 0.15) is 23.2 Å². The third-order valence-electron chi connectivity index (χ3n) is 12.2. The zero-order valence-corrected chi connectivity index (χ0v) is 42.2. The van der Waals surface area contributed by atoms with Gasteiger partial charge in [-0.3, -0.25) is 4.79 Å². The maximum atomic E-state index is 15.1. The van der Waals surface area contributed by atoms with Crippen molar-refractivity contribution in [2.75, 3.05) is 35.0 Å². The van der Waals surface area contributed by atoms with Crippen LogP contribution in [0.4, 0.5) is 52.7 Å². The van der Waals surface area contributed by atoms with Crippen LogP contribution in [0.2, 0.25) is 0 Å². The van der Waals surface area contributed by atoms with Crippen molar-refractivity contribution in [2.45, 2.75) is 73.2 Å². The predicted octanol–water partition coefficient (Wildman–Crippen LogP) is 9.79. The van der Waals surface area contributed by atoms with Crippen molar-refractivity contribution in [3.05, 3.63) is 167 Å². The number of hydrogen-bond donors (Lipinski definition) is 0. The van der Waals surface area contributed by atoms with Gasteiger partial charge in [-0.2, -0.15) is 52.7 Å². The molecule has 5 rings (SSSR count). The van der Waals surface area contributed by atoms with Crippen LogP contribution >= 0.6 is 0 Å². The largest absolute Gasteiger partial charge is 0.456 e. The van der Waals surface area contributed by atoms with Crippen LogP contribution in [0, 0.1) is 6.92 Å². The first kappa shape index (κ1) is 63.0. The predicted molar refractivity (Wildman–Crippen MR) is 248 cm³/mol. The number of methoxy groups -OCH3 is 4. The van der Waals surface area contributed by atoms with E-state index < -0.39 is 146 Å². The Kier molecular flexibility index (Phi) is 19.1. The van der Waals surface area contributed by atoms with Gasteiger partial charge in [-0.15, -0.1) is 0 Å². The fourth-order valence-corrected chi connectivity index (χ4v) is 8.25. The van der Waals surface area contributed by atoms with Gasteiger partial charge in [0.05, 0.1) is 0 Å². The molecule has 0 aliphatic rings. The fourth-order valence-electron chi connectivity index (χ4n) is 8.25. The molecule has 27 heteroatoms. The van der Waals surface area contributed by atoms with Crippen molar-refractivity contribution in [1.29, 1.82) is 0 Å². The Hall–Kier alpha value is -7.88. The smallest absolute Gasteiger partial charge is 0.432 e. The summed E-state index contributed by atoms with van der Waals surface area (Å²) in [6.45, 7) is -0.455. The monoisotopic (exact) mass is 1150 g/mol. The summed E-state index contributed by atoms with van der Waals surface area (Å²) in [5, 5.41) is 0. The number of aryl methyl sites for hydroxylation is 1. The molecule has 0 aromatic heterocycles. The van der Waals surface area contributed by atoms with Crippen LogP contribution in [0.5, 0.6) is 11.5 Å². The van der Waals surface area contributed by atoms with E-state index in [0.717, 1.165) is 104 Å². The first-order valence-electron chi connectivity index (χ1n) is 22.7. The topological polar surface area (TPSA) is 185 Å². The molecule has 5 aromatic carbocycles. The molecule has 0 radical (unpaired) electrons. The second kappa shape index (κ2) is 24.2. The van der Waals surface area contributed by atoms with Gasteiger partial charge in [-0.1, -0.05) is 121 Å². The average molecular weight is 1150 g/mol. The summed E-state index contributed by atoms with van der Waals surface area (Å²) in [6.07, 6.45) is -28.5. The maximum Gasteiger partial charge on any atom is 0.432 e. The highest BCUT2D eigenvalue weighted by molar-refractivity contribution is 5.99. The average Bonchev–Trinajstić information content (AvgIpc) is 3.38. The van der Waals surface area contributed by atoms with E-state index in [9.17, 15) is 55.1 Å². The van der Waals surface area contributed by atoms with Crippen LogP contribution in [-0.2, 0) is 79.5 Å². The van der Waals surface area contributed by atoms with Crippen molar-refractivity contribution in [1.82, 2.24) is 0 Å². The molecule has 0 aliphatic heterocycles. The standard InChI is InChI=1S/C53H44F12O15/c1-30-27-36(78-43(69)47(73-4,51(57,58)59)33-21-13-8-14-22-33)28-38(79-44(70)48(74-5,52(60,61)62)34-23-15-9-16-24-34)39(30)41(67)76-29-37(66)40(80-45(71)49(75-6,53(63,64)65)35-25-17-10-18-26-35)31(2)77-42(68)46(72-3,50(54,55)56)32-19-11-7-12-20-32/h7-28,31,40H,29H2,1-6H3/t31-,40+,46-,47-,48-,49-/m0/s1. The van der Waals surface area contributed by atoms with E-state index in [1.807, 2.05) is 0 Å². The molecule has 0 spiro atoms. The van der Waals surface area contributed by atoms with E-state index in [-0.39, 0.29) is 6.07 Å². The van der Waals surface area contributed by atoms with Crippen LogP contribution in [-0.4, -0.2) is 108 Å². The molecule has 0 aliphatic carbocycles. The zero-order chi connectivity index (χ0) is 59.9. The van der Waals surface area contributed by atoms with Crippen LogP contribution in [0.25, 0.3) is 0 Å². The molecule has 0 fully saturated rings. The molecule has 430 valence electrons. The Morgan fingerprint density at radius 2 is 0.750 bits per heavy atom. The molecule has 6 atom stereocenters. The summed E-state index contributed by atoms with van der Waals surface area (Å²) < 4.78 is 224. The molecule has 5 aromatic rings. The quantitative estimate of drug-likeness (QED) is 0.0292. The molecule has 15 nitrogen and oxygen atoms in total. The lowest BCUT2D eigenvalue weighted by Crippen LogP contribution is -2.56. The van der Waals surface area contributed by atoms with E-state index in [1.165, 1.54) is 24.3 Å². The van der Waals surface area contributed by atoms with Gasteiger partial charge in [0.15, 0.2) is 12.7 Å². The number of alkyl halides is 12. The minimum absolute atomic E-state index is 0.261. The number of esters is 5. The number of rotatable bonds is 21. The first-order valence-corrected chi connectivity index (χ1v) is 22.7. The number of ketones is 1. The van der Waals surface area contributed by atoms with Gasteiger partial charge >= 0.3 is 54.6 Å². The van der Waals surface area contributed by atoms with Crippen LogP contribution in [0.15, 0.2) is 133 Å². The molecule has 0 N–H and O–H groups in total. The lowest BCUT2D eigenvalue weighted by atomic mass is 9.92. The van der Waals surface area contributed by atoms with Crippen LogP contribution in [0.3, 0.4) is 0 Å². The van der Waals surface area contributed by atoms with Gasteiger partial charge in [0, 0.05) is 56.8 Å². The Labute approximate surface area is 445 Å². The fraction of sp³-hybridized carbons (Fsp3) is 0.321. The van der Waals surface area contributed by atoms with Crippen molar-refractivity contribution in [2.24, 2.45) is 0 Å². The van der Waals surface area contributed by atoms with E-state index in [4.69, 9.17) is 33.2 Å². The van der Waals surface area contributed by atoms with Crippen LogP contribution < -0.4 is 9.47 Å². The Balaban J connectivity index is 1.64. The Bertz CT molecular complexity index is 3010. The van der Waals surface area contributed by atoms with Crippen molar-refractivity contribution in [3.63, 3.8) is 0 Å². The summed E-state index contributed by atoms with van der Waals surface area (Å²) in [4.78, 5) is 83.7. The van der Waals surface area contributed by atoms with E-state index in [1.54, 1.807) is 0 Å². The van der Waals surface area contributed by atoms with Gasteiger partial charge in [-0.25, -0.2) is 24.0 Å². The number of hydrogen-bond acceptors (Lipinski definition) is 15. The summed E-state index contributed by atoms with van der Waals surface area (Å²) in [6, 6.07) is 20.4. The zero-order valence-electron chi connectivity index (χ0n) is 42.2. The second-order valence-electron chi connectivity index (χ2n) is 16.9. The van der Waals surface area contributed by atoms with Crippen molar-refractivity contribution in [3.8, 4) is 11.5 Å². The third kappa shape index (κ3) is 11.7. The minimum Gasteiger partial charge on any atom is -0.456 e. The van der Waals surface area contributed by atoms with E-state index >= 15 is 26.3 Å². The van der Waals surface area contributed by atoms with Crippen molar-refractivity contribution >= 4 is 35.6 Å². The summed E-state index contributed by atoms with van der Waals surface area (Å²) >= 11 is 0. The van der Waals surface area contributed by atoms with E-state index in [2.05, 4.69) is 9.47 Å². The minimum atomic E-state index is -5.78. The molecule has 0 unspecified atom stereocenters.